The van der Waals surface area contributed by atoms with Crippen LogP contribution in [0.15, 0.2) is 0 Å². The van der Waals surface area contributed by atoms with Crippen molar-refractivity contribution < 1.29 is 0 Å². The fourth-order valence-corrected chi connectivity index (χ4v) is 0. The molecule has 0 bridgehead atoms. The predicted octanol–water partition coefficient (Wildman–Crippen LogP) is 2.49. The molecule has 52 valence electrons. The van der Waals surface area contributed by atoms with Crippen LogP contribution in [0.4, 0.5) is 0 Å². The lowest BCUT2D eigenvalue weighted by Crippen LogP contribution is -1.47. The first-order valence-corrected chi connectivity index (χ1v) is 9.10. The Balaban J connectivity index is 0. The zero-order valence-electron chi connectivity index (χ0n) is 5.84. The standard InChI is InChI=1S/C2H8P2S.C2H6S/c1-4(2,3)5;1-3-2/h3H2,1-2H3;1-2H3. The summed E-state index contributed by atoms with van der Waals surface area (Å²) < 4.78 is 0. The summed E-state index contributed by atoms with van der Waals surface area (Å²) in [6.45, 7) is 4.15. The third kappa shape index (κ3) is 150. The number of thioether (sulfide) groups is 1. The molecule has 1 unspecified atom stereocenters. The first kappa shape index (κ1) is 12.1. The van der Waals surface area contributed by atoms with E-state index in [9.17, 15) is 0 Å². The van der Waals surface area contributed by atoms with Crippen LogP contribution in [0, 0.1) is 0 Å². The lowest BCUT2D eigenvalue weighted by atomic mass is 11.9. The van der Waals surface area contributed by atoms with Crippen molar-refractivity contribution in [3.63, 3.8) is 0 Å². The van der Waals surface area contributed by atoms with Crippen LogP contribution in [0.5, 0.6) is 0 Å². The Kier molecular flexibility index (Phi) is 9.94. The Morgan fingerprint density at radius 3 is 1.38 bits per heavy atom. The quantitative estimate of drug-likeness (QED) is 0.536. The normalized spacial score (nSPS) is 9.62. The molecule has 0 aromatic carbocycles. The van der Waals surface area contributed by atoms with Crippen molar-refractivity contribution in [2.75, 3.05) is 25.8 Å². The Labute approximate surface area is 64.3 Å². The maximum absolute atomic E-state index is 4.90. The molecule has 0 N–H and O–H groups in total. The smallest absolute Gasteiger partial charge is 0.0187 e. The average molecular weight is 188 g/mol. The molecule has 0 heterocycles. The predicted molar refractivity (Wildman–Crippen MR) is 55.3 cm³/mol. The molecule has 0 rings (SSSR count). The molecule has 1 atom stereocenters. The maximum atomic E-state index is 4.90. The van der Waals surface area contributed by atoms with Crippen LogP contribution in [0.3, 0.4) is 0 Å². The van der Waals surface area contributed by atoms with E-state index in [0.29, 0.717) is 0 Å². The van der Waals surface area contributed by atoms with Gasteiger partial charge in [0.05, 0.1) is 0 Å². The molecular formula is C4H14P2S2. The number of hydrogen-bond acceptors (Lipinski definition) is 2. The Hall–Kier alpha value is 1.43. The van der Waals surface area contributed by atoms with Gasteiger partial charge in [-0.25, -0.2) is 0 Å². The Bertz CT molecular complexity index is 67.8. The lowest BCUT2D eigenvalue weighted by molar-refractivity contribution is 2.29. The van der Waals surface area contributed by atoms with Gasteiger partial charge in [-0.1, -0.05) is 11.8 Å². The van der Waals surface area contributed by atoms with Gasteiger partial charge in [0.25, 0.3) is 0 Å². The van der Waals surface area contributed by atoms with Crippen LogP contribution in [-0.2, 0) is 11.8 Å². The van der Waals surface area contributed by atoms with Gasteiger partial charge >= 0.3 is 0 Å². The zero-order chi connectivity index (χ0) is 7.21. The summed E-state index contributed by atoms with van der Waals surface area (Å²) in [6, 6.07) is 0. The van der Waals surface area contributed by atoms with E-state index < -0.39 is 5.73 Å². The first-order chi connectivity index (χ1) is 3.41. The second-order valence-corrected chi connectivity index (χ2v) is 13.3. The van der Waals surface area contributed by atoms with Crippen LogP contribution in [0.2, 0.25) is 0 Å². The van der Waals surface area contributed by atoms with Gasteiger partial charge in [0, 0.05) is 0 Å². The summed E-state index contributed by atoms with van der Waals surface area (Å²) in [5.74, 6) is 0. The van der Waals surface area contributed by atoms with E-state index in [2.05, 4.69) is 22.3 Å². The van der Waals surface area contributed by atoms with E-state index in [1.807, 2.05) is 12.5 Å². The van der Waals surface area contributed by atoms with Crippen molar-refractivity contribution >= 4 is 38.2 Å². The van der Waals surface area contributed by atoms with Gasteiger partial charge in [-0.15, -0.1) is 8.93 Å². The summed E-state index contributed by atoms with van der Waals surface area (Å²) in [5, 5.41) is 0. The Morgan fingerprint density at radius 2 is 1.38 bits per heavy atom. The summed E-state index contributed by atoms with van der Waals surface area (Å²) in [7, 11) is 2.64. The average Bonchev–Trinajstić information content (AvgIpc) is 1.27. The van der Waals surface area contributed by atoms with Gasteiger partial charge in [0.2, 0.25) is 0 Å². The zero-order valence-corrected chi connectivity index (χ0v) is 9.52. The number of hydrogen-bond donors (Lipinski definition) is 0. The van der Waals surface area contributed by atoms with Crippen LogP contribution >= 0.6 is 26.4 Å². The van der Waals surface area contributed by atoms with Gasteiger partial charge in [0.1, 0.15) is 0 Å². The molecule has 0 saturated carbocycles. The topological polar surface area (TPSA) is 0 Å². The second kappa shape index (κ2) is 6.55. The second-order valence-electron chi connectivity index (χ2n) is 1.84. The van der Waals surface area contributed by atoms with Gasteiger partial charge < -0.3 is 0 Å². The minimum atomic E-state index is -0.889. The third-order valence-corrected chi connectivity index (χ3v) is 0. The fourth-order valence-electron chi connectivity index (χ4n) is 0. The highest BCUT2D eigenvalue weighted by atomic mass is 32.6. The molecule has 0 aliphatic rings. The van der Waals surface area contributed by atoms with Crippen LogP contribution in [0.25, 0.3) is 0 Å². The Morgan fingerprint density at radius 1 is 1.38 bits per heavy atom. The molecule has 0 fully saturated rings. The molecule has 0 amide bonds. The van der Waals surface area contributed by atoms with Crippen LogP contribution in [-0.4, -0.2) is 25.8 Å². The molecule has 0 nitrogen and oxygen atoms in total. The van der Waals surface area contributed by atoms with Crippen molar-refractivity contribution in [2.45, 2.75) is 0 Å². The molecule has 0 aliphatic heterocycles. The van der Waals surface area contributed by atoms with Gasteiger partial charge in [-0.3, -0.25) is 0 Å². The molecule has 0 radical (unpaired) electrons. The third-order valence-electron chi connectivity index (χ3n) is 0. The highest BCUT2D eigenvalue weighted by molar-refractivity contribution is 8.42. The van der Waals surface area contributed by atoms with Gasteiger partial charge in [0.15, 0.2) is 0 Å². The summed E-state index contributed by atoms with van der Waals surface area (Å²) in [6.07, 6.45) is 4.08. The van der Waals surface area contributed by atoms with E-state index in [-0.39, 0.29) is 0 Å². The fraction of sp³-hybridized carbons (Fsp3) is 1.00. The molecule has 0 aromatic heterocycles. The molecule has 4 heteroatoms. The van der Waals surface area contributed by atoms with E-state index in [0.717, 1.165) is 0 Å². The van der Waals surface area contributed by atoms with Crippen LogP contribution < -0.4 is 0 Å². The van der Waals surface area contributed by atoms with Gasteiger partial charge in [-0.05, 0) is 31.6 Å². The lowest BCUT2D eigenvalue weighted by Gasteiger charge is -1.92. The monoisotopic (exact) mass is 188 g/mol. The maximum Gasteiger partial charge on any atom is -0.0187 e. The van der Waals surface area contributed by atoms with Gasteiger partial charge in [-0.2, -0.15) is 11.8 Å². The minimum Gasteiger partial charge on any atom is -0.169 e. The largest absolute Gasteiger partial charge is 0.169 e. The van der Waals surface area contributed by atoms with E-state index in [1.165, 1.54) is 0 Å². The van der Waals surface area contributed by atoms with Crippen molar-refractivity contribution in [1.82, 2.24) is 0 Å². The number of rotatable bonds is 0. The highest BCUT2D eigenvalue weighted by Crippen LogP contribution is 2.45. The van der Waals surface area contributed by atoms with E-state index in [1.54, 1.807) is 11.8 Å². The van der Waals surface area contributed by atoms with Crippen molar-refractivity contribution in [3.05, 3.63) is 0 Å². The highest BCUT2D eigenvalue weighted by Gasteiger charge is 1.83. The first-order valence-electron chi connectivity index (χ1n) is 2.15. The van der Waals surface area contributed by atoms with Crippen LogP contribution in [0.1, 0.15) is 0 Å². The van der Waals surface area contributed by atoms with E-state index in [4.69, 9.17) is 11.8 Å². The molecule has 0 spiro atoms. The SMILES string of the molecule is CP(C)(P)=S.CSC. The summed E-state index contributed by atoms with van der Waals surface area (Å²) >= 11 is 6.65. The van der Waals surface area contributed by atoms with Crippen molar-refractivity contribution in [3.8, 4) is 0 Å². The van der Waals surface area contributed by atoms with Crippen molar-refractivity contribution in [2.24, 2.45) is 0 Å². The minimum absolute atomic E-state index is 0.889. The molecule has 0 saturated heterocycles. The molecule has 8 heavy (non-hydrogen) atoms. The molecule has 0 aliphatic carbocycles. The van der Waals surface area contributed by atoms with E-state index >= 15 is 0 Å². The molecule has 0 aromatic rings. The molecular weight excluding hydrogens is 174 g/mol. The summed E-state index contributed by atoms with van der Waals surface area (Å²) in [5.41, 5.74) is -0.889. The van der Waals surface area contributed by atoms with Crippen molar-refractivity contribution in [1.29, 1.82) is 0 Å². The summed E-state index contributed by atoms with van der Waals surface area (Å²) in [4.78, 5) is 0.